The zero-order valence-electron chi connectivity index (χ0n) is 11.3. The molecule has 0 aliphatic rings. The maximum atomic E-state index is 9.82. The molecule has 0 aliphatic heterocycles. The lowest BCUT2D eigenvalue weighted by molar-refractivity contribution is 0.0665. The lowest BCUT2D eigenvalue weighted by Crippen LogP contribution is -2.20. The minimum Gasteiger partial charge on any atom is -0.390 e. The first-order valence-corrected chi connectivity index (χ1v) is 6.31. The van der Waals surface area contributed by atoms with Crippen LogP contribution < -0.4 is 5.32 Å². The average Bonchev–Trinajstić information content (AvgIpc) is 2.65. The average molecular weight is 247 g/mol. The third-order valence-electron chi connectivity index (χ3n) is 3.05. The molecule has 0 aromatic carbocycles. The lowest BCUT2D eigenvalue weighted by Gasteiger charge is -2.17. The molecule has 0 saturated heterocycles. The SMILES string of the molecule is CNCc1cn(CCC(C)(C)O)c2ncccc12. The van der Waals surface area contributed by atoms with Crippen LogP contribution in [0.3, 0.4) is 0 Å². The van der Waals surface area contributed by atoms with Gasteiger partial charge in [-0.3, -0.25) is 0 Å². The number of nitrogens with one attached hydrogen (secondary N) is 1. The first-order chi connectivity index (χ1) is 8.51. The molecule has 0 spiro atoms. The number of hydrogen-bond donors (Lipinski definition) is 2. The van der Waals surface area contributed by atoms with Gasteiger partial charge in [0.1, 0.15) is 5.65 Å². The van der Waals surface area contributed by atoms with Crippen molar-refractivity contribution in [3.8, 4) is 0 Å². The van der Waals surface area contributed by atoms with Gasteiger partial charge in [-0.25, -0.2) is 4.98 Å². The highest BCUT2D eigenvalue weighted by Gasteiger charge is 2.14. The Morgan fingerprint density at radius 2 is 2.22 bits per heavy atom. The van der Waals surface area contributed by atoms with Crippen LogP contribution in [0.25, 0.3) is 11.0 Å². The van der Waals surface area contributed by atoms with Crippen LogP contribution in [0.5, 0.6) is 0 Å². The van der Waals surface area contributed by atoms with Gasteiger partial charge in [0, 0.05) is 30.9 Å². The molecule has 0 amide bonds. The van der Waals surface area contributed by atoms with Crippen molar-refractivity contribution in [2.24, 2.45) is 0 Å². The summed E-state index contributed by atoms with van der Waals surface area (Å²) in [5.74, 6) is 0. The maximum Gasteiger partial charge on any atom is 0.140 e. The number of aryl methyl sites for hydroxylation is 1. The van der Waals surface area contributed by atoms with Gasteiger partial charge in [0.25, 0.3) is 0 Å². The van der Waals surface area contributed by atoms with Gasteiger partial charge in [-0.15, -0.1) is 0 Å². The van der Waals surface area contributed by atoms with Crippen LogP contribution in [-0.4, -0.2) is 27.3 Å². The Bertz CT molecular complexity index is 525. The second-order valence-electron chi connectivity index (χ2n) is 5.32. The van der Waals surface area contributed by atoms with Crippen molar-refractivity contribution >= 4 is 11.0 Å². The quantitative estimate of drug-likeness (QED) is 0.848. The van der Waals surface area contributed by atoms with Gasteiger partial charge in [0.05, 0.1) is 5.60 Å². The molecule has 2 rings (SSSR count). The van der Waals surface area contributed by atoms with E-state index in [0.29, 0.717) is 6.42 Å². The molecule has 0 bridgehead atoms. The molecule has 0 radical (unpaired) electrons. The van der Waals surface area contributed by atoms with Crippen LogP contribution in [0.15, 0.2) is 24.5 Å². The number of aliphatic hydroxyl groups is 1. The van der Waals surface area contributed by atoms with Crippen LogP contribution in [0.2, 0.25) is 0 Å². The monoisotopic (exact) mass is 247 g/mol. The number of aromatic nitrogens is 2. The van der Waals surface area contributed by atoms with Crippen LogP contribution >= 0.6 is 0 Å². The Morgan fingerprint density at radius 3 is 2.89 bits per heavy atom. The summed E-state index contributed by atoms with van der Waals surface area (Å²) in [4.78, 5) is 4.44. The van der Waals surface area contributed by atoms with Crippen LogP contribution in [0.4, 0.5) is 0 Å². The van der Waals surface area contributed by atoms with Crippen molar-refractivity contribution in [1.29, 1.82) is 0 Å². The standard InChI is InChI=1S/C14H21N3O/c1-14(2,18)6-8-17-10-11(9-15-3)12-5-4-7-16-13(12)17/h4-5,7,10,15,18H,6,8-9H2,1-3H3. The van der Waals surface area contributed by atoms with Crippen LogP contribution in [0.1, 0.15) is 25.8 Å². The van der Waals surface area contributed by atoms with Gasteiger partial charge in [-0.1, -0.05) is 0 Å². The third kappa shape index (κ3) is 2.89. The lowest BCUT2D eigenvalue weighted by atomic mass is 10.1. The fourth-order valence-corrected chi connectivity index (χ4v) is 2.09. The van der Waals surface area contributed by atoms with Gasteiger partial charge in [0.2, 0.25) is 0 Å². The summed E-state index contributed by atoms with van der Waals surface area (Å²) in [6, 6.07) is 4.05. The fourth-order valence-electron chi connectivity index (χ4n) is 2.09. The molecule has 2 aromatic rings. The molecule has 0 fully saturated rings. The van der Waals surface area contributed by atoms with E-state index in [0.717, 1.165) is 18.7 Å². The normalized spacial score (nSPS) is 12.2. The van der Waals surface area contributed by atoms with Gasteiger partial charge in [-0.2, -0.15) is 0 Å². The van der Waals surface area contributed by atoms with E-state index in [1.165, 1.54) is 10.9 Å². The molecule has 98 valence electrons. The molecule has 2 N–H and O–H groups in total. The van der Waals surface area contributed by atoms with Gasteiger partial charge >= 0.3 is 0 Å². The Morgan fingerprint density at radius 1 is 1.44 bits per heavy atom. The summed E-state index contributed by atoms with van der Waals surface area (Å²) < 4.78 is 2.12. The molecular formula is C14H21N3O. The zero-order valence-corrected chi connectivity index (χ0v) is 11.3. The summed E-state index contributed by atoms with van der Waals surface area (Å²) in [5.41, 5.74) is 1.59. The van der Waals surface area contributed by atoms with Crippen molar-refractivity contribution < 1.29 is 5.11 Å². The van der Waals surface area contributed by atoms with E-state index in [2.05, 4.69) is 27.1 Å². The number of rotatable bonds is 5. The Kier molecular flexibility index (Phi) is 3.68. The Labute approximate surface area is 108 Å². The van der Waals surface area contributed by atoms with E-state index in [1.807, 2.05) is 33.2 Å². The molecule has 0 aliphatic carbocycles. The minimum absolute atomic E-state index is 0.644. The predicted octanol–water partition coefficient (Wildman–Crippen LogP) is 1.92. The van der Waals surface area contributed by atoms with Crippen molar-refractivity contribution in [2.45, 2.75) is 39.0 Å². The molecule has 4 heteroatoms. The Balaban J connectivity index is 2.32. The van der Waals surface area contributed by atoms with Gasteiger partial charge in [0.15, 0.2) is 0 Å². The van der Waals surface area contributed by atoms with E-state index in [1.54, 1.807) is 0 Å². The molecule has 18 heavy (non-hydrogen) atoms. The third-order valence-corrected chi connectivity index (χ3v) is 3.05. The van der Waals surface area contributed by atoms with E-state index >= 15 is 0 Å². The highest BCUT2D eigenvalue weighted by atomic mass is 16.3. The van der Waals surface area contributed by atoms with Crippen LogP contribution in [-0.2, 0) is 13.1 Å². The summed E-state index contributed by atoms with van der Waals surface area (Å²) in [6.07, 6.45) is 4.65. The topological polar surface area (TPSA) is 50.1 Å². The zero-order chi connectivity index (χ0) is 13.2. The van der Waals surface area contributed by atoms with Crippen molar-refractivity contribution in [3.63, 3.8) is 0 Å². The summed E-state index contributed by atoms with van der Waals surface area (Å²) >= 11 is 0. The Hall–Kier alpha value is -1.39. The first-order valence-electron chi connectivity index (χ1n) is 6.31. The molecule has 0 saturated carbocycles. The van der Waals surface area contributed by atoms with Gasteiger partial charge < -0.3 is 15.0 Å². The molecule has 0 atom stereocenters. The van der Waals surface area contributed by atoms with E-state index < -0.39 is 5.60 Å². The maximum absolute atomic E-state index is 9.82. The molecule has 2 heterocycles. The predicted molar refractivity (Wildman–Crippen MR) is 73.4 cm³/mol. The second kappa shape index (κ2) is 5.08. The van der Waals surface area contributed by atoms with E-state index in [9.17, 15) is 5.11 Å². The highest BCUT2D eigenvalue weighted by molar-refractivity contribution is 5.80. The van der Waals surface area contributed by atoms with E-state index in [4.69, 9.17) is 0 Å². The number of nitrogens with zero attached hydrogens (tertiary/aromatic N) is 2. The highest BCUT2D eigenvalue weighted by Crippen LogP contribution is 2.20. The van der Waals surface area contributed by atoms with Crippen molar-refractivity contribution in [1.82, 2.24) is 14.9 Å². The minimum atomic E-state index is -0.644. The number of pyridine rings is 1. The number of hydrogen-bond acceptors (Lipinski definition) is 3. The summed E-state index contributed by atoms with van der Waals surface area (Å²) in [7, 11) is 1.94. The molecule has 2 aromatic heterocycles. The summed E-state index contributed by atoms with van der Waals surface area (Å²) in [5, 5.41) is 14.2. The summed E-state index contributed by atoms with van der Waals surface area (Å²) in [6.45, 7) is 5.28. The first kappa shape index (κ1) is 13.1. The smallest absolute Gasteiger partial charge is 0.140 e. The van der Waals surface area contributed by atoms with Crippen LogP contribution in [0, 0.1) is 0 Å². The van der Waals surface area contributed by atoms with Crippen molar-refractivity contribution in [3.05, 3.63) is 30.1 Å². The largest absolute Gasteiger partial charge is 0.390 e. The second-order valence-corrected chi connectivity index (χ2v) is 5.32. The van der Waals surface area contributed by atoms with Gasteiger partial charge in [-0.05, 0) is 45.0 Å². The van der Waals surface area contributed by atoms with E-state index in [-0.39, 0.29) is 0 Å². The molecule has 0 unspecified atom stereocenters. The number of fused-ring (bicyclic) bond motifs is 1. The fraction of sp³-hybridized carbons (Fsp3) is 0.500. The molecular weight excluding hydrogens is 226 g/mol. The van der Waals surface area contributed by atoms with Crippen molar-refractivity contribution in [2.75, 3.05) is 7.05 Å². The molecule has 4 nitrogen and oxygen atoms in total.